The van der Waals surface area contributed by atoms with Gasteiger partial charge in [-0.05, 0) is 20.8 Å². The van der Waals surface area contributed by atoms with Crippen molar-refractivity contribution in [1.82, 2.24) is 5.32 Å². The second-order valence-electron chi connectivity index (χ2n) is 2.36. The fourth-order valence-electron chi connectivity index (χ4n) is 0.801. The summed E-state index contributed by atoms with van der Waals surface area (Å²) in [7, 11) is 1.57. The van der Waals surface area contributed by atoms with Gasteiger partial charge in [-0.1, -0.05) is 0 Å². The third-order valence-corrected chi connectivity index (χ3v) is 1.42. The molecule has 0 radical (unpaired) electrons. The van der Waals surface area contributed by atoms with Crippen LogP contribution in [0.25, 0.3) is 0 Å². The standard InChI is InChI=1S/C9H17NO3/c1-5-12-9(13-6-2)7(3)8(11)10-4/h5-6H2,1-4H3,(H,10,11). The first-order valence-corrected chi connectivity index (χ1v) is 4.35. The molecule has 13 heavy (non-hydrogen) atoms. The molecule has 0 spiro atoms. The van der Waals surface area contributed by atoms with Crippen LogP contribution in [0.2, 0.25) is 0 Å². The highest BCUT2D eigenvalue weighted by atomic mass is 16.7. The van der Waals surface area contributed by atoms with Gasteiger partial charge < -0.3 is 14.8 Å². The fraction of sp³-hybridized carbons (Fsp3) is 0.667. The Morgan fingerprint density at radius 2 is 1.69 bits per heavy atom. The Kier molecular flexibility index (Phi) is 5.76. The SMILES string of the molecule is CCOC(OCC)=C(C)C(=O)NC. The van der Waals surface area contributed by atoms with Gasteiger partial charge in [0, 0.05) is 7.05 Å². The minimum absolute atomic E-state index is 0.183. The second kappa shape index (κ2) is 6.34. The van der Waals surface area contributed by atoms with E-state index in [1.807, 2.05) is 13.8 Å². The van der Waals surface area contributed by atoms with Gasteiger partial charge in [0.15, 0.2) is 0 Å². The lowest BCUT2D eigenvalue weighted by molar-refractivity contribution is -0.117. The van der Waals surface area contributed by atoms with Crippen molar-refractivity contribution >= 4 is 5.91 Å². The fourth-order valence-corrected chi connectivity index (χ4v) is 0.801. The lowest BCUT2D eigenvalue weighted by atomic mass is 10.3. The highest BCUT2D eigenvalue weighted by molar-refractivity contribution is 5.92. The van der Waals surface area contributed by atoms with Gasteiger partial charge in [0.25, 0.3) is 11.9 Å². The zero-order chi connectivity index (χ0) is 10.3. The van der Waals surface area contributed by atoms with Crippen molar-refractivity contribution in [2.75, 3.05) is 20.3 Å². The predicted molar refractivity (Wildman–Crippen MR) is 50.0 cm³/mol. The van der Waals surface area contributed by atoms with Crippen molar-refractivity contribution in [3.8, 4) is 0 Å². The van der Waals surface area contributed by atoms with E-state index in [4.69, 9.17) is 9.47 Å². The molecule has 0 aromatic carbocycles. The summed E-state index contributed by atoms with van der Waals surface area (Å²) in [6.45, 7) is 6.33. The van der Waals surface area contributed by atoms with Gasteiger partial charge in [-0.2, -0.15) is 0 Å². The van der Waals surface area contributed by atoms with Crippen molar-refractivity contribution in [2.24, 2.45) is 0 Å². The molecule has 0 aromatic heterocycles. The molecule has 1 N–H and O–H groups in total. The molecular formula is C9H17NO3. The second-order valence-corrected chi connectivity index (χ2v) is 2.36. The monoisotopic (exact) mass is 187 g/mol. The summed E-state index contributed by atoms with van der Waals surface area (Å²) in [4.78, 5) is 11.2. The largest absolute Gasteiger partial charge is 0.465 e. The van der Waals surface area contributed by atoms with Crippen molar-refractivity contribution in [2.45, 2.75) is 20.8 Å². The molecule has 0 aliphatic carbocycles. The Balaban J connectivity index is 4.52. The van der Waals surface area contributed by atoms with E-state index in [1.54, 1.807) is 14.0 Å². The smallest absolute Gasteiger partial charge is 0.287 e. The van der Waals surface area contributed by atoms with Crippen LogP contribution in [0.1, 0.15) is 20.8 Å². The Hall–Kier alpha value is -1.19. The zero-order valence-corrected chi connectivity index (χ0v) is 8.64. The number of nitrogens with one attached hydrogen (secondary N) is 1. The first-order valence-electron chi connectivity index (χ1n) is 4.35. The van der Waals surface area contributed by atoms with E-state index >= 15 is 0 Å². The Morgan fingerprint density at radius 3 is 2.00 bits per heavy atom. The molecule has 0 saturated heterocycles. The number of carbonyl (C=O) groups is 1. The van der Waals surface area contributed by atoms with Gasteiger partial charge >= 0.3 is 0 Å². The van der Waals surface area contributed by atoms with Crippen molar-refractivity contribution in [3.05, 3.63) is 11.5 Å². The molecule has 0 bridgehead atoms. The van der Waals surface area contributed by atoms with E-state index in [2.05, 4.69) is 5.32 Å². The van der Waals surface area contributed by atoms with Crippen LogP contribution in [0.5, 0.6) is 0 Å². The molecular weight excluding hydrogens is 170 g/mol. The highest BCUT2D eigenvalue weighted by Crippen LogP contribution is 2.07. The molecule has 0 atom stereocenters. The van der Waals surface area contributed by atoms with E-state index in [0.717, 1.165) is 0 Å². The minimum atomic E-state index is -0.183. The molecule has 4 nitrogen and oxygen atoms in total. The molecule has 0 aromatic rings. The van der Waals surface area contributed by atoms with Crippen LogP contribution in [0.4, 0.5) is 0 Å². The van der Waals surface area contributed by atoms with Crippen molar-refractivity contribution < 1.29 is 14.3 Å². The number of hydrogen-bond donors (Lipinski definition) is 1. The normalized spacial score (nSPS) is 8.92. The maximum absolute atomic E-state index is 11.2. The summed E-state index contributed by atoms with van der Waals surface area (Å²) in [6.07, 6.45) is 0. The quantitative estimate of drug-likeness (QED) is 0.516. The lowest BCUT2D eigenvalue weighted by Crippen LogP contribution is -2.21. The van der Waals surface area contributed by atoms with Gasteiger partial charge in [-0.25, -0.2) is 0 Å². The average Bonchev–Trinajstić information content (AvgIpc) is 2.15. The van der Waals surface area contributed by atoms with E-state index in [-0.39, 0.29) is 5.91 Å². The maximum Gasteiger partial charge on any atom is 0.287 e. The molecule has 0 heterocycles. The van der Waals surface area contributed by atoms with Gasteiger partial charge in [0.2, 0.25) is 0 Å². The van der Waals surface area contributed by atoms with Gasteiger partial charge in [-0.15, -0.1) is 0 Å². The average molecular weight is 187 g/mol. The van der Waals surface area contributed by atoms with Crippen LogP contribution >= 0.6 is 0 Å². The molecule has 0 fully saturated rings. The number of ether oxygens (including phenoxy) is 2. The minimum Gasteiger partial charge on any atom is -0.465 e. The summed E-state index contributed by atoms with van der Waals surface area (Å²) in [5, 5.41) is 2.51. The van der Waals surface area contributed by atoms with Crippen LogP contribution in [-0.2, 0) is 14.3 Å². The number of likely N-dealkylation sites (N-methyl/N-ethyl adjacent to an activating group) is 1. The summed E-state index contributed by atoms with van der Waals surface area (Å²) in [6, 6.07) is 0. The van der Waals surface area contributed by atoms with Crippen LogP contribution in [0.15, 0.2) is 11.5 Å². The van der Waals surface area contributed by atoms with E-state index in [0.29, 0.717) is 24.7 Å². The number of hydrogen-bond acceptors (Lipinski definition) is 3. The molecule has 1 amide bonds. The summed E-state index contributed by atoms with van der Waals surface area (Å²) in [5.74, 6) is 0.126. The van der Waals surface area contributed by atoms with Gasteiger partial charge in [0.1, 0.15) is 0 Å². The Morgan fingerprint density at radius 1 is 1.23 bits per heavy atom. The third-order valence-electron chi connectivity index (χ3n) is 1.42. The lowest BCUT2D eigenvalue weighted by Gasteiger charge is -2.11. The summed E-state index contributed by atoms with van der Waals surface area (Å²) < 4.78 is 10.3. The van der Waals surface area contributed by atoms with Gasteiger partial charge in [0.05, 0.1) is 18.8 Å². The summed E-state index contributed by atoms with van der Waals surface area (Å²) in [5.41, 5.74) is 0.464. The van der Waals surface area contributed by atoms with Crippen molar-refractivity contribution in [3.63, 3.8) is 0 Å². The first-order chi connectivity index (χ1) is 6.17. The van der Waals surface area contributed by atoms with Gasteiger partial charge in [-0.3, -0.25) is 4.79 Å². The van der Waals surface area contributed by atoms with E-state index < -0.39 is 0 Å². The Bertz CT molecular complexity index is 191. The molecule has 0 aliphatic rings. The molecule has 0 saturated carbocycles. The number of rotatable bonds is 5. The molecule has 4 heteroatoms. The van der Waals surface area contributed by atoms with Crippen molar-refractivity contribution in [1.29, 1.82) is 0 Å². The third kappa shape index (κ3) is 3.83. The topological polar surface area (TPSA) is 47.6 Å². The van der Waals surface area contributed by atoms with E-state index in [1.165, 1.54) is 0 Å². The molecule has 0 rings (SSSR count). The molecule has 76 valence electrons. The molecule has 0 aliphatic heterocycles. The maximum atomic E-state index is 11.2. The number of amides is 1. The predicted octanol–water partition coefficient (Wildman–Crippen LogP) is 1.04. The molecule has 0 unspecified atom stereocenters. The first kappa shape index (κ1) is 11.8. The zero-order valence-electron chi connectivity index (χ0n) is 8.64. The number of carbonyl (C=O) groups excluding carboxylic acids is 1. The van der Waals surface area contributed by atoms with Crippen LogP contribution in [0, 0.1) is 0 Å². The van der Waals surface area contributed by atoms with Crippen LogP contribution in [-0.4, -0.2) is 26.2 Å². The summed E-state index contributed by atoms with van der Waals surface area (Å²) >= 11 is 0. The highest BCUT2D eigenvalue weighted by Gasteiger charge is 2.11. The van der Waals surface area contributed by atoms with E-state index in [9.17, 15) is 4.79 Å². The Labute approximate surface area is 78.9 Å². The van der Waals surface area contributed by atoms with Crippen LogP contribution in [0.3, 0.4) is 0 Å². The van der Waals surface area contributed by atoms with Crippen LogP contribution < -0.4 is 5.32 Å².